The summed E-state index contributed by atoms with van der Waals surface area (Å²) in [5.41, 5.74) is 5.65. The number of amides is 1. The summed E-state index contributed by atoms with van der Waals surface area (Å²) in [4.78, 5) is 13.9. The fourth-order valence-corrected chi connectivity index (χ4v) is 2.02. The van der Waals surface area contributed by atoms with Gasteiger partial charge >= 0.3 is 0 Å². The highest BCUT2D eigenvalue weighted by Crippen LogP contribution is 2.17. The molecule has 0 saturated carbocycles. The smallest absolute Gasteiger partial charge is 0.222 e. The molecule has 1 amide bonds. The first kappa shape index (κ1) is 12.5. The van der Waals surface area contributed by atoms with Crippen LogP contribution in [0.3, 0.4) is 0 Å². The fraction of sp³-hybridized carbons (Fsp3) is 0.917. The van der Waals surface area contributed by atoms with Crippen molar-refractivity contribution in [2.75, 3.05) is 13.1 Å². The Hall–Kier alpha value is -0.570. The molecule has 1 rings (SSSR count). The minimum Gasteiger partial charge on any atom is -0.343 e. The van der Waals surface area contributed by atoms with Crippen molar-refractivity contribution in [1.82, 2.24) is 4.90 Å². The Bertz CT molecular complexity index is 204. The van der Waals surface area contributed by atoms with E-state index in [2.05, 4.69) is 6.92 Å². The molecule has 88 valence electrons. The number of likely N-dealkylation sites (tertiary alicyclic amines) is 1. The van der Waals surface area contributed by atoms with E-state index in [1.54, 1.807) is 0 Å². The number of rotatable bonds is 3. The Labute approximate surface area is 93.0 Å². The van der Waals surface area contributed by atoms with Crippen molar-refractivity contribution in [3.8, 4) is 0 Å². The molecule has 0 radical (unpaired) electrons. The molecule has 15 heavy (non-hydrogen) atoms. The number of hydrogen-bond acceptors (Lipinski definition) is 2. The lowest BCUT2D eigenvalue weighted by molar-refractivity contribution is -0.131. The molecular weight excluding hydrogens is 188 g/mol. The van der Waals surface area contributed by atoms with Crippen molar-refractivity contribution in [2.24, 2.45) is 11.7 Å². The van der Waals surface area contributed by atoms with Crippen LogP contribution in [0.1, 0.15) is 46.0 Å². The summed E-state index contributed by atoms with van der Waals surface area (Å²) in [5.74, 6) is 1.07. The molecule has 1 aliphatic heterocycles. The Morgan fingerprint density at radius 3 is 2.87 bits per heavy atom. The molecule has 2 N–H and O–H groups in total. The average Bonchev–Trinajstić information content (AvgIpc) is 2.39. The van der Waals surface area contributed by atoms with Crippen LogP contribution in [-0.2, 0) is 4.79 Å². The molecular formula is C12H24N2O. The van der Waals surface area contributed by atoms with Gasteiger partial charge in [0.1, 0.15) is 0 Å². The van der Waals surface area contributed by atoms with Crippen LogP contribution in [0.4, 0.5) is 0 Å². The van der Waals surface area contributed by atoms with Crippen molar-refractivity contribution in [3.05, 3.63) is 0 Å². The molecule has 0 bridgehead atoms. The van der Waals surface area contributed by atoms with Crippen molar-refractivity contribution in [3.63, 3.8) is 0 Å². The average molecular weight is 212 g/mol. The van der Waals surface area contributed by atoms with Crippen molar-refractivity contribution in [2.45, 2.75) is 52.0 Å². The molecule has 1 aliphatic rings. The number of carbonyl (C=O) groups excluding carboxylic acids is 1. The van der Waals surface area contributed by atoms with Crippen LogP contribution in [0, 0.1) is 5.92 Å². The highest BCUT2D eigenvalue weighted by atomic mass is 16.2. The van der Waals surface area contributed by atoms with E-state index in [0.717, 1.165) is 38.3 Å². The normalized spacial score (nSPS) is 24.7. The highest BCUT2D eigenvalue weighted by molar-refractivity contribution is 5.76. The van der Waals surface area contributed by atoms with Crippen molar-refractivity contribution < 1.29 is 4.79 Å². The van der Waals surface area contributed by atoms with Crippen LogP contribution in [0.15, 0.2) is 0 Å². The monoisotopic (exact) mass is 212 g/mol. The van der Waals surface area contributed by atoms with Gasteiger partial charge in [-0.2, -0.15) is 0 Å². The van der Waals surface area contributed by atoms with Gasteiger partial charge in [-0.05, 0) is 38.5 Å². The molecule has 3 heteroatoms. The van der Waals surface area contributed by atoms with E-state index >= 15 is 0 Å². The van der Waals surface area contributed by atoms with Gasteiger partial charge in [-0.25, -0.2) is 0 Å². The van der Waals surface area contributed by atoms with Gasteiger partial charge in [0.15, 0.2) is 0 Å². The fourth-order valence-electron chi connectivity index (χ4n) is 2.02. The van der Waals surface area contributed by atoms with Crippen LogP contribution < -0.4 is 5.73 Å². The number of carbonyl (C=O) groups is 1. The quantitative estimate of drug-likeness (QED) is 0.775. The number of nitrogens with zero attached hydrogens (tertiary/aromatic N) is 1. The molecule has 0 aromatic heterocycles. The van der Waals surface area contributed by atoms with Crippen LogP contribution in [-0.4, -0.2) is 29.9 Å². The Morgan fingerprint density at radius 2 is 2.20 bits per heavy atom. The van der Waals surface area contributed by atoms with Gasteiger partial charge in [-0.15, -0.1) is 0 Å². The summed E-state index contributed by atoms with van der Waals surface area (Å²) >= 11 is 0. The maximum Gasteiger partial charge on any atom is 0.222 e. The second kappa shape index (κ2) is 6.11. The summed E-state index contributed by atoms with van der Waals surface area (Å²) < 4.78 is 0. The molecule has 0 aromatic carbocycles. The third-order valence-corrected chi connectivity index (χ3v) is 3.18. The predicted molar refractivity (Wildman–Crippen MR) is 62.5 cm³/mol. The Balaban J connectivity index is 2.31. The van der Waals surface area contributed by atoms with Crippen LogP contribution in [0.2, 0.25) is 0 Å². The lowest BCUT2D eigenvalue weighted by Crippen LogP contribution is -2.32. The first-order chi connectivity index (χ1) is 7.09. The van der Waals surface area contributed by atoms with E-state index < -0.39 is 0 Å². The lowest BCUT2D eigenvalue weighted by atomic mass is 10.0. The van der Waals surface area contributed by atoms with E-state index in [-0.39, 0.29) is 6.04 Å². The van der Waals surface area contributed by atoms with Gasteiger partial charge in [-0.3, -0.25) is 4.79 Å². The maximum atomic E-state index is 11.8. The molecule has 1 fully saturated rings. The zero-order chi connectivity index (χ0) is 11.3. The highest BCUT2D eigenvalue weighted by Gasteiger charge is 2.18. The Kier molecular flexibility index (Phi) is 5.09. The summed E-state index contributed by atoms with van der Waals surface area (Å²) in [5, 5.41) is 0. The van der Waals surface area contributed by atoms with E-state index in [1.165, 1.54) is 6.42 Å². The van der Waals surface area contributed by atoms with Gasteiger partial charge < -0.3 is 10.6 Å². The standard InChI is InChI=1S/C12H24N2O/c1-10-4-3-8-14(9-7-10)12(15)6-5-11(2)13/h10-11H,3-9,13H2,1-2H3. The van der Waals surface area contributed by atoms with Crippen LogP contribution in [0.25, 0.3) is 0 Å². The maximum absolute atomic E-state index is 11.8. The largest absolute Gasteiger partial charge is 0.343 e. The summed E-state index contributed by atoms with van der Waals surface area (Å²) in [6.07, 6.45) is 5.00. The van der Waals surface area contributed by atoms with E-state index in [0.29, 0.717) is 12.3 Å². The molecule has 1 saturated heterocycles. The zero-order valence-electron chi connectivity index (χ0n) is 10.0. The third-order valence-electron chi connectivity index (χ3n) is 3.18. The second-order valence-electron chi connectivity index (χ2n) is 4.93. The van der Waals surface area contributed by atoms with Crippen LogP contribution >= 0.6 is 0 Å². The first-order valence-electron chi connectivity index (χ1n) is 6.13. The van der Waals surface area contributed by atoms with Gasteiger partial charge in [0, 0.05) is 25.6 Å². The first-order valence-corrected chi connectivity index (χ1v) is 6.13. The SMILES string of the molecule is CC(N)CCC(=O)N1CCCC(C)CC1. The van der Waals surface area contributed by atoms with E-state index in [1.807, 2.05) is 11.8 Å². The summed E-state index contributed by atoms with van der Waals surface area (Å²) in [6, 6.07) is 0.139. The summed E-state index contributed by atoms with van der Waals surface area (Å²) in [7, 11) is 0. The predicted octanol–water partition coefficient (Wildman–Crippen LogP) is 1.76. The molecule has 0 aliphatic carbocycles. The van der Waals surface area contributed by atoms with Crippen molar-refractivity contribution in [1.29, 1.82) is 0 Å². The Morgan fingerprint density at radius 1 is 1.47 bits per heavy atom. The van der Waals surface area contributed by atoms with Crippen molar-refractivity contribution >= 4 is 5.91 Å². The minimum atomic E-state index is 0.139. The second-order valence-corrected chi connectivity index (χ2v) is 4.93. The molecule has 3 nitrogen and oxygen atoms in total. The molecule has 0 aromatic rings. The van der Waals surface area contributed by atoms with Gasteiger partial charge in [0.2, 0.25) is 5.91 Å². The summed E-state index contributed by atoms with van der Waals surface area (Å²) in [6.45, 7) is 6.12. The molecule has 1 heterocycles. The molecule has 2 atom stereocenters. The number of nitrogens with two attached hydrogens (primary N) is 1. The minimum absolute atomic E-state index is 0.139. The van der Waals surface area contributed by atoms with E-state index in [4.69, 9.17) is 5.73 Å². The van der Waals surface area contributed by atoms with Gasteiger partial charge in [0.25, 0.3) is 0 Å². The number of hydrogen-bond donors (Lipinski definition) is 1. The zero-order valence-corrected chi connectivity index (χ0v) is 10.0. The topological polar surface area (TPSA) is 46.3 Å². The third kappa shape index (κ3) is 4.65. The van der Waals surface area contributed by atoms with Crippen LogP contribution in [0.5, 0.6) is 0 Å². The van der Waals surface area contributed by atoms with E-state index in [9.17, 15) is 4.79 Å². The van der Waals surface area contributed by atoms with Gasteiger partial charge in [-0.1, -0.05) is 6.92 Å². The van der Waals surface area contributed by atoms with Gasteiger partial charge in [0.05, 0.1) is 0 Å². The lowest BCUT2D eigenvalue weighted by Gasteiger charge is -2.20. The molecule has 0 spiro atoms. The molecule has 2 unspecified atom stereocenters.